The van der Waals surface area contributed by atoms with Crippen LogP contribution in [-0.4, -0.2) is 42.5 Å². The molecule has 2 aromatic rings. The summed E-state index contributed by atoms with van der Waals surface area (Å²) in [6.07, 6.45) is 0.905. The van der Waals surface area contributed by atoms with Crippen LogP contribution in [0.4, 0.5) is 20.6 Å². The van der Waals surface area contributed by atoms with E-state index in [1.807, 2.05) is 0 Å². The second kappa shape index (κ2) is 9.87. The molecule has 0 bridgehead atoms. The second-order valence-corrected chi connectivity index (χ2v) is 6.98. The maximum absolute atomic E-state index is 13.4. The Morgan fingerprint density at radius 2 is 1.93 bits per heavy atom. The molecule has 1 atom stereocenters. The maximum Gasteiger partial charge on any atom is 0.409 e. The van der Waals surface area contributed by atoms with Crippen LogP contribution < -0.4 is 10.6 Å². The average Bonchev–Trinajstić information content (AvgIpc) is 2.74. The second-order valence-electron chi connectivity index (χ2n) is 6.98. The number of nitrogens with zero attached hydrogens (tertiary/aromatic N) is 1. The number of ether oxygens (including phenoxy) is 1. The predicted molar refractivity (Wildman–Crippen MR) is 111 cm³/mol. The van der Waals surface area contributed by atoms with Crippen molar-refractivity contribution in [1.29, 1.82) is 0 Å². The number of piperidine rings is 1. The van der Waals surface area contributed by atoms with Gasteiger partial charge in [-0.3, -0.25) is 9.59 Å². The lowest BCUT2D eigenvalue weighted by Gasteiger charge is -2.31. The van der Waals surface area contributed by atoms with Crippen LogP contribution >= 0.6 is 0 Å². The number of carbonyl (C=O) groups is 3. The number of likely N-dealkylation sites (tertiary alicyclic amines) is 1. The van der Waals surface area contributed by atoms with Crippen LogP contribution in [0.2, 0.25) is 0 Å². The van der Waals surface area contributed by atoms with Crippen molar-refractivity contribution in [2.24, 2.45) is 5.92 Å². The maximum atomic E-state index is 13.4. The molecule has 158 valence electrons. The van der Waals surface area contributed by atoms with Gasteiger partial charge >= 0.3 is 6.09 Å². The Labute approximate surface area is 174 Å². The third-order valence-corrected chi connectivity index (χ3v) is 4.83. The highest BCUT2D eigenvalue weighted by atomic mass is 19.1. The molecule has 0 unspecified atom stereocenters. The number of halogens is 1. The fraction of sp³-hybridized carbons (Fsp3) is 0.318. The highest BCUT2D eigenvalue weighted by Gasteiger charge is 2.29. The summed E-state index contributed by atoms with van der Waals surface area (Å²) in [5, 5.41) is 5.43. The quantitative estimate of drug-likeness (QED) is 0.779. The van der Waals surface area contributed by atoms with E-state index in [-0.39, 0.29) is 24.6 Å². The third kappa shape index (κ3) is 5.34. The van der Waals surface area contributed by atoms with E-state index in [4.69, 9.17) is 4.74 Å². The normalized spacial score (nSPS) is 15.9. The lowest BCUT2D eigenvalue weighted by Crippen LogP contribution is -2.44. The van der Waals surface area contributed by atoms with Gasteiger partial charge in [-0.2, -0.15) is 0 Å². The summed E-state index contributed by atoms with van der Waals surface area (Å²) in [5.74, 6) is -1.59. The molecule has 1 aliphatic heterocycles. The SMILES string of the molecule is CCOC(=O)N1CCC[C@H](C(=O)Nc2ccccc2C(=O)Nc2cccc(F)c2)C1. The Morgan fingerprint density at radius 1 is 1.13 bits per heavy atom. The molecule has 1 fully saturated rings. The van der Waals surface area contributed by atoms with Crippen LogP contribution in [0.15, 0.2) is 48.5 Å². The molecule has 1 heterocycles. The van der Waals surface area contributed by atoms with Crippen LogP contribution in [0, 0.1) is 11.7 Å². The monoisotopic (exact) mass is 413 g/mol. The molecule has 0 radical (unpaired) electrons. The third-order valence-electron chi connectivity index (χ3n) is 4.83. The number of hydrogen-bond donors (Lipinski definition) is 2. The van der Waals surface area contributed by atoms with Gasteiger partial charge in [-0.05, 0) is 50.1 Å². The van der Waals surface area contributed by atoms with Gasteiger partial charge in [0, 0.05) is 18.8 Å². The first-order chi connectivity index (χ1) is 14.5. The molecule has 8 heteroatoms. The number of amides is 3. The van der Waals surface area contributed by atoms with Crippen molar-refractivity contribution in [2.45, 2.75) is 19.8 Å². The van der Waals surface area contributed by atoms with Crippen molar-refractivity contribution in [2.75, 3.05) is 30.3 Å². The van der Waals surface area contributed by atoms with E-state index in [9.17, 15) is 18.8 Å². The summed E-state index contributed by atoms with van der Waals surface area (Å²) < 4.78 is 18.4. The highest BCUT2D eigenvalue weighted by Crippen LogP contribution is 2.22. The predicted octanol–water partition coefficient (Wildman–Crippen LogP) is 3.89. The Balaban J connectivity index is 1.69. The van der Waals surface area contributed by atoms with Gasteiger partial charge in [-0.1, -0.05) is 18.2 Å². The summed E-state index contributed by atoms with van der Waals surface area (Å²) in [6, 6.07) is 12.2. The molecule has 7 nitrogen and oxygen atoms in total. The molecule has 30 heavy (non-hydrogen) atoms. The lowest BCUT2D eigenvalue weighted by atomic mass is 9.97. The first-order valence-electron chi connectivity index (χ1n) is 9.86. The van der Waals surface area contributed by atoms with Crippen molar-refractivity contribution in [1.82, 2.24) is 4.90 Å². The minimum Gasteiger partial charge on any atom is -0.450 e. The number of nitrogens with one attached hydrogen (secondary N) is 2. The largest absolute Gasteiger partial charge is 0.450 e. The van der Waals surface area contributed by atoms with Gasteiger partial charge in [0.05, 0.1) is 23.8 Å². The molecule has 3 rings (SSSR count). The molecule has 0 saturated carbocycles. The zero-order chi connectivity index (χ0) is 21.5. The van der Waals surface area contributed by atoms with Gasteiger partial charge in [0.1, 0.15) is 5.82 Å². The average molecular weight is 413 g/mol. The molecule has 0 aliphatic carbocycles. The van der Waals surface area contributed by atoms with Gasteiger partial charge in [-0.15, -0.1) is 0 Å². The van der Waals surface area contributed by atoms with Crippen molar-refractivity contribution in [3.63, 3.8) is 0 Å². The van der Waals surface area contributed by atoms with Crippen LogP contribution in [0.25, 0.3) is 0 Å². The first kappa shape index (κ1) is 21.3. The van der Waals surface area contributed by atoms with Gasteiger partial charge in [0.25, 0.3) is 5.91 Å². The standard InChI is InChI=1S/C22H24FN3O4/c1-2-30-22(29)26-12-6-7-15(14-26)20(27)25-19-11-4-3-10-18(19)21(28)24-17-9-5-8-16(23)13-17/h3-5,8-11,13,15H,2,6-7,12,14H2,1H3,(H,24,28)(H,25,27)/t15-/m0/s1. The molecule has 3 amide bonds. The van der Waals surface area contributed by atoms with Crippen molar-refractivity contribution in [3.8, 4) is 0 Å². The van der Waals surface area contributed by atoms with Gasteiger partial charge < -0.3 is 20.3 Å². The van der Waals surface area contributed by atoms with E-state index >= 15 is 0 Å². The molecular formula is C22H24FN3O4. The lowest BCUT2D eigenvalue weighted by molar-refractivity contribution is -0.121. The molecular weight excluding hydrogens is 389 g/mol. The summed E-state index contributed by atoms with van der Waals surface area (Å²) in [5.41, 5.74) is 0.927. The van der Waals surface area contributed by atoms with Gasteiger partial charge in [0.2, 0.25) is 5.91 Å². The van der Waals surface area contributed by atoms with Crippen LogP contribution in [-0.2, 0) is 9.53 Å². The van der Waals surface area contributed by atoms with Crippen LogP contribution in [0.5, 0.6) is 0 Å². The Bertz CT molecular complexity index is 934. The summed E-state index contributed by atoms with van der Waals surface area (Å²) >= 11 is 0. The summed E-state index contributed by atoms with van der Waals surface area (Å²) in [4.78, 5) is 38.9. The van der Waals surface area contributed by atoms with Crippen molar-refractivity contribution < 1.29 is 23.5 Å². The smallest absolute Gasteiger partial charge is 0.409 e. The van der Waals surface area contributed by atoms with Crippen molar-refractivity contribution in [3.05, 3.63) is 59.9 Å². The van der Waals surface area contributed by atoms with E-state index in [1.54, 1.807) is 37.3 Å². The fourth-order valence-electron chi connectivity index (χ4n) is 3.36. The summed E-state index contributed by atoms with van der Waals surface area (Å²) in [6.45, 7) is 2.83. The van der Waals surface area contributed by atoms with Crippen LogP contribution in [0.1, 0.15) is 30.1 Å². The van der Waals surface area contributed by atoms with E-state index < -0.39 is 23.7 Å². The minimum atomic E-state index is -0.465. The van der Waals surface area contributed by atoms with Gasteiger partial charge in [-0.25, -0.2) is 9.18 Å². The van der Waals surface area contributed by atoms with E-state index in [0.29, 0.717) is 30.8 Å². The Hall–Kier alpha value is -3.42. The number of rotatable bonds is 5. The molecule has 1 aliphatic rings. The number of carbonyl (C=O) groups excluding carboxylic acids is 3. The van der Waals surface area contributed by atoms with E-state index in [0.717, 1.165) is 0 Å². The minimum absolute atomic E-state index is 0.258. The molecule has 0 spiro atoms. The Kier molecular flexibility index (Phi) is 7.00. The van der Waals surface area contributed by atoms with Crippen molar-refractivity contribution >= 4 is 29.3 Å². The molecule has 2 N–H and O–H groups in total. The molecule has 1 saturated heterocycles. The molecule has 2 aromatic carbocycles. The number of anilines is 2. The van der Waals surface area contributed by atoms with E-state index in [2.05, 4.69) is 10.6 Å². The topological polar surface area (TPSA) is 87.7 Å². The Morgan fingerprint density at radius 3 is 2.70 bits per heavy atom. The number of benzene rings is 2. The first-order valence-corrected chi connectivity index (χ1v) is 9.86. The van der Waals surface area contributed by atoms with Gasteiger partial charge in [0.15, 0.2) is 0 Å². The highest BCUT2D eigenvalue weighted by molar-refractivity contribution is 6.10. The van der Waals surface area contributed by atoms with E-state index in [1.165, 1.54) is 23.1 Å². The zero-order valence-corrected chi connectivity index (χ0v) is 16.7. The van der Waals surface area contributed by atoms with Crippen LogP contribution in [0.3, 0.4) is 0 Å². The number of hydrogen-bond acceptors (Lipinski definition) is 4. The zero-order valence-electron chi connectivity index (χ0n) is 16.7. The summed E-state index contributed by atoms with van der Waals surface area (Å²) in [7, 11) is 0. The fourth-order valence-corrected chi connectivity index (χ4v) is 3.36. The number of para-hydroxylation sites is 1. The molecule has 0 aromatic heterocycles.